The number of nitrogens with one attached hydrogen (secondary N) is 2. The molecule has 1 aliphatic rings. The predicted octanol–water partition coefficient (Wildman–Crippen LogP) is 19.2. The lowest BCUT2D eigenvalue weighted by Crippen LogP contribution is -2.29. The fourth-order valence-corrected chi connectivity index (χ4v) is 13.0. The van der Waals surface area contributed by atoms with Crippen LogP contribution in [0.3, 0.4) is 0 Å². The number of anilines is 2. The predicted molar refractivity (Wildman–Crippen MR) is 332 cm³/mol. The molecule has 2 amide bonds. The van der Waals surface area contributed by atoms with E-state index in [9.17, 15) is 35.9 Å². The zero-order chi connectivity index (χ0) is 61.0. The lowest BCUT2D eigenvalue weighted by atomic mass is 9.67. The molecule has 0 aliphatic heterocycles. The van der Waals surface area contributed by atoms with Gasteiger partial charge in [-0.1, -0.05) is 133 Å². The van der Waals surface area contributed by atoms with Gasteiger partial charge in [0.2, 0.25) is 0 Å². The molecule has 0 fully saturated rings. The molecule has 430 valence electrons. The van der Waals surface area contributed by atoms with Crippen molar-refractivity contribution >= 4 is 66.8 Å². The molecule has 0 saturated heterocycles. The van der Waals surface area contributed by atoms with E-state index in [-0.39, 0.29) is 23.5 Å². The summed E-state index contributed by atoms with van der Waals surface area (Å²) in [7, 11) is 0. The average molecular weight is 1180 g/mol. The molecule has 0 radical (unpaired) electrons. The minimum Gasteiger partial charge on any atom is -0.322 e. The van der Waals surface area contributed by atoms with Gasteiger partial charge in [-0.3, -0.25) is 9.59 Å². The van der Waals surface area contributed by atoms with Crippen LogP contribution >= 0.6 is 0 Å². The Balaban J connectivity index is 0.936. The van der Waals surface area contributed by atoms with Crippen LogP contribution in [0, 0.1) is 46.5 Å². The van der Waals surface area contributed by atoms with Gasteiger partial charge in [0, 0.05) is 44.3 Å². The summed E-state index contributed by atoms with van der Waals surface area (Å²) < 4.78 is 120. The van der Waals surface area contributed by atoms with Gasteiger partial charge in [0.15, 0.2) is 46.5 Å². The van der Waals surface area contributed by atoms with Gasteiger partial charge in [0.1, 0.15) is 0 Å². The van der Waals surface area contributed by atoms with Crippen LogP contribution in [-0.4, -0.2) is 20.9 Å². The van der Waals surface area contributed by atoms with Gasteiger partial charge in [-0.05, 0) is 165 Å². The smallest absolute Gasteiger partial charge is 0.258 e. The van der Waals surface area contributed by atoms with Crippen LogP contribution in [0.2, 0.25) is 0 Å². The van der Waals surface area contributed by atoms with E-state index in [0.717, 1.165) is 99.5 Å². The van der Waals surface area contributed by atoms with Crippen molar-refractivity contribution in [1.82, 2.24) is 9.13 Å². The standard InChI is InChI=1S/C75H42F8N4O2/c76-61-39-57(67(78)71(82)69(61)80)73(88)84-47-27-23-45(24-28-47)75(46-25-29-48(30-26-46)85-74(89)58-40-62(77)70(81)72(83)68(58)79)59-37-43(41-21-33-65-55(35-41)53-15-7-9-17-63(53)86(65)49-11-3-1-4-12-49)19-31-51(59)52-32-20-44(38-60(52)75)42-22-34-66-56(36-42)54-16-8-10-18-64(54)87(66)50-13-5-2-6-14-50/h1-40H,(H,84,88)(H,85,89). The second-order valence-electron chi connectivity index (χ2n) is 21.9. The number of rotatable bonds is 10. The first-order valence-electron chi connectivity index (χ1n) is 28.2. The summed E-state index contributed by atoms with van der Waals surface area (Å²) in [5, 5.41) is 9.11. The van der Waals surface area contributed by atoms with Crippen LogP contribution in [0.25, 0.3) is 88.4 Å². The maximum atomic E-state index is 15.0. The lowest BCUT2D eigenvalue weighted by Gasteiger charge is -2.34. The number of hydrogen-bond donors (Lipinski definition) is 2. The molecule has 2 N–H and O–H groups in total. The van der Waals surface area contributed by atoms with E-state index in [1.165, 1.54) is 0 Å². The third kappa shape index (κ3) is 8.61. The number of benzene rings is 12. The van der Waals surface area contributed by atoms with Crippen LogP contribution < -0.4 is 10.6 Å². The molecule has 2 heterocycles. The Kier molecular flexibility index (Phi) is 12.8. The number of carbonyl (C=O) groups is 2. The molecule has 0 atom stereocenters. The molecule has 12 aromatic carbocycles. The molecular formula is C75H42F8N4O2. The Morgan fingerprint density at radius 1 is 0.315 bits per heavy atom. The molecule has 15 rings (SSSR count). The van der Waals surface area contributed by atoms with E-state index in [1.807, 2.05) is 60.7 Å². The minimum absolute atomic E-state index is 0.0873. The van der Waals surface area contributed by atoms with Crippen molar-refractivity contribution in [2.45, 2.75) is 5.41 Å². The third-order valence-corrected chi connectivity index (χ3v) is 17.0. The van der Waals surface area contributed by atoms with Crippen molar-refractivity contribution in [3.63, 3.8) is 0 Å². The van der Waals surface area contributed by atoms with Gasteiger partial charge in [-0.25, -0.2) is 35.1 Å². The van der Waals surface area contributed by atoms with Gasteiger partial charge >= 0.3 is 0 Å². The van der Waals surface area contributed by atoms with E-state index in [4.69, 9.17) is 0 Å². The summed E-state index contributed by atoms with van der Waals surface area (Å²) in [5.74, 6) is -18.1. The third-order valence-electron chi connectivity index (χ3n) is 17.0. The first-order valence-corrected chi connectivity index (χ1v) is 28.2. The quantitative estimate of drug-likeness (QED) is 0.0814. The average Bonchev–Trinajstić information content (AvgIpc) is 1.58. The van der Waals surface area contributed by atoms with E-state index >= 15 is 8.78 Å². The van der Waals surface area contributed by atoms with Crippen molar-refractivity contribution in [3.8, 4) is 44.8 Å². The monoisotopic (exact) mass is 1180 g/mol. The number of amides is 2. The summed E-state index contributed by atoms with van der Waals surface area (Å²) in [6.45, 7) is 0. The first kappa shape index (κ1) is 54.3. The first-order chi connectivity index (χ1) is 43.3. The summed E-state index contributed by atoms with van der Waals surface area (Å²) in [6.07, 6.45) is 0. The molecule has 14 heteroatoms. The minimum atomic E-state index is -2.14. The second-order valence-corrected chi connectivity index (χ2v) is 21.9. The Morgan fingerprint density at radius 2 is 0.663 bits per heavy atom. The van der Waals surface area contributed by atoms with Crippen molar-refractivity contribution in [1.29, 1.82) is 0 Å². The van der Waals surface area contributed by atoms with Gasteiger partial charge in [0.25, 0.3) is 11.8 Å². The number of halogens is 8. The van der Waals surface area contributed by atoms with Crippen molar-refractivity contribution < 1.29 is 44.7 Å². The molecule has 6 nitrogen and oxygen atoms in total. The zero-order valence-electron chi connectivity index (χ0n) is 46.3. The number of carbonyl (C=O) groups excluding carboxylic acids is 2. The van der Waals surface area contributed by atoms with E-state index in [2.05, 4.69) is 141 Å². The molecular weight excluding hydrogens is 1140 g/mol. The molecule has 0 bridgehead atoms. The SMILES string of the molecule is O=C(Nc1ccc(C2(c3ccc(NC(=O)c4cc(F)c(F)c(F)c4F)cc3)c3cc(-c4ccc5c(c4)c4ccccc4n5-c4ccccc4)ccc3-c3ccc(-c4ccc5c(c4)c4ccccc4n5-c4ccccc4)cc32)cc1)c1cc(F)c(F)c(F)c1F. The second kappa shape index (κ2) is 20.9. The normalized spacial score (nSPS) is 12.4. The Hall–Kier alpha value is -11.4. The highest BCUT2D eigenvalue weighted by Crippen LogP contribution is 2.58. The Bertz CT molecular complexity index is 4950. The van der Waals surface area contributed by atoms with Crippen molar-refractivity contribution in [2.75, 3.05) is 10.6 Å². The maximum Gasteiger partial charge on any atom is 0.258 e. The number of para-hydroxylation sites is 4. The fourth-order valence-electron chi connectivity index (χ4n) is 13.0. The van der Waals surface area contributed by atoms with Crippen LogP contribution in [-0.2, 0) is 5.41 Å². The number of fused-ring (bicyclic) bond motifs is 9. The molecule has 2 aromatic heterocycles. The molecule has 0 saturated carbocycles. The highest BCUT2D eigenvalue weighted by Gasteiger charge is 2.47. The van der Waals surface area contributed by atoms with Crippen LogP contribution in [0.4, 0.5) is 46.5 Å². The topological polar surface area (TPSA) is 68.1 Å². The lowest BCUT2D eigenvalue weighted by molar-refractivity contribution is 0.101. The Labute approximate surface area is 501 Å². The van der Waals surface area contributed by atoms with Crippen molar-refractivity contribution in [2.24, 2.45) is 0 Å². The summed E-state index contributed by atoms with van der Waals surface area (Å²) >= 11 is 0. The molecule has 1 aliphatic carbocycles. The van der Waals surface area contributed by atoms with Crippen molar-refractivity contribution in [3.05, 3.63) is 323 Å². The number of aromatic nitrogens is 2. The number of hydrogen-bond acceptors (Lipinski definition) is 2. The van der Waals surface area contributed by atoms with Gasteiger partial charge in [-0.2, -0.15) is 0 Å². The van der Waals surface area contributed by atoms with Gasteiger partial charge in [-0.15, -0.1) is 0 Å². The summed E-state index contributed by atoms with van der Waals surface area (Å²) in [6, 6.07) is 75.6. The highest BCUT2D eigenvalue weighted by atomic mass is 19.2. The van der Waals surface area contributed by atoms with E-state index in [0.29, 0.717) is 11.1 Å². The van der Waals surface area contributed by atoms with E-state index < -0.39 is 74.9 Å². The zero-order valence-corrected chi connectivity index (χ0v) is 46.3. The summed E-state index contributed by atoms with van der Waals surface area (Å²) in [5.41, 5.74) is 10.8. The van der Waals surface area contributed by atoms with Gasteiger partial charge < -0.3 is 19.8 Å². The van der Waals surface area contributed by atoms with Crippen LogP contribution in [0.15, 0.2) is 243 Å². The molecule has 89 heavy (non-hydrogen) atoms. The van der Waals surface area contributed by atoms with Gasteiger partial charge in [0.05, 0.1) is 38.6 Å². The molecule has 14 aromatic rings. The summed E-state index contributed by atoms with van der Waals surface area (Å²) in [4.78, 5) is 27.1. The van der Waals surface area contributed by atoms with Crippen LogP contribution in [0.5, 0.6) is 0 Å². The largest absolute Gasteiger partial charge is 0.322 e. The van der Waals surface area contributed by atoms with E-state index in [1.54, 1.807) is 48.5 Å². The molecule has 0 unspecified atom stereocenters. The maximum absolute atomic E-state index is 15.0. The fraction of sp³-hybridized carbons (Fsp3) is 0.0133. The molecule has 0 spiro atoms. The highest BCUT2D eigenvalue weighted by molar-refractivity contribution is 6.12. The van der Waals surface area contributed by atoms with Crippen LogP contribution in [0.1, 0.15) is 43.0 Å². The Morgan fingerprint density at radius 3 is 1.07 bits per heavy atom. The number of nitrogens with zero attached hydrogens (tertiary/aromatic N) is 2.